The molecule has 6 rings (SSSR count). The summed E-state index contributed by atoms with van der Waals surface area (Å²) in [6.07, 6.45) is 0. The van der Waals surface area contributed by atoms with Crippen molar-refractivity contribution < 1.29 is 0 Å². The summed E-state index contributed by atoms with van der Waals surface area (Å²) in [5.41, 5.74) is 5.83. The van der Waals surface area contributed by atoms with Gasteiger partial charge in [0.15, 0.2) is 0 Å². The van der Waals surface area contributed by atoms with Gasteiger partial charge in [-0.05, 0) is 82.9 Å². The fourth-order valence-corrected chi connectivity index (χ4v) is 7.01. The Morgan fingerprint density at radius 1 is 0.500 bits per heavy atom. The predicted octanol–water partition coefficient (Wildman–Crippen LogP) is 10.2. The highest BCUT2D eigenvalue weighted by Gasteiger charge is 2.56. The van der Waals surface area contributed by atoms with Gasteiger partial charge in [-0.3, -0.25) is 0 Å². The first-order valence-corrected chi connectivity index (χ1v) is 13.0. The van der Waals surface area contributed by atoms with Crippen LogP contribution in [-0.2, 0) is 10.8 Å². The van der Waals surface area contributed by atoms with Crippen LogP contribution in [0.2, 0.25) is 0 Å². The zero-order valence-corrected chi connectivity index (χ0v) is 22.5. The van der Waals surface area contributed by atoms with E-state index in [9.17, 15) is 0 Å². The molecule has 34 heavy (non-hydrogen) atoms. The molecule has 0 nitrogen and oxygen atoms in total. The van der Waals surface area contributed by atoms with E-state index in [2.05, 4.69) is 136 Å². The van der Waals surface area contributed by atoms with Crippen LogP contribution in [0.25, 0.3) is 43.4 Å². The van der Waals surface area contributed by atoms with Crippen LogP contribution in [0.15, 0.2) is 83.3 Å². The van der Waals surface area contributed by atoms with Crippen LogP contribution in [0.1, 0.15) is 52.7 Å². The molecule has 0 fully saturated rings. The van der Waals surface area contributed by atoms with Gasteiger partial charge in [0.2, 0.25) is 0 Å². The Kier molecular flexibility index (Phi) is 4.47. The second-order valence-electron chi connectivity index (χ2n) is 11.6. The van der Waals surface area contributed by atoms with Crippen molar-refractivity contribution in [2.45, 2.75) is 52.4 Å². The standard InChI is InChI=1S/C33H31Br/c1-31(2)27-18-26(29(34)19-28(27)32(3,4)33(31,5)6)25-17-11-16-24-22-13-8-7-12-20(22)21-14-9-10-15-23(21)30(24)25/h7-19H,1-6H3. The Balaban J connectivity index is 1.76. The van der Waals surface area contributed by atoms with E-state index in [0.29, 0.717) is 0 Å². The van der Waals surface area contributed by atoms with E-state index in [1.54, 1.807) is 0 Å². The molecule has 5 aromatic rings. The first-order valence-electron chi connectivity index (χ1n) is 12.2. The molecule has 170 valence electrons. The van der Waals surface area contributed by atoms with E-state index in [1.165, 1.54) is 59.0 Å². The van der Waals surface area contributed by atoms with Crippen molar-refractivity contribution >= 4 is 48.2 Å². The Morgan fingerprint density at radius 2 is 0.941 bits per heavy atom. The lowest BCUT2D eigenvalue weighted by Crippen LogP contribution is -2.42. The number of rotatable bonds is 1. The second-order valence-corrected chi connectivity index (χ2v) is 12.4. The van der Waals surface area contributed by atoms with Crippen LogP contribution in [-0.4, -0.2) is 0 Å². The third kappa shape index (κ3) is 2.60. The molecule has 0 heterocycles. The average Bonchev–Trinajstić information content (AvgIpc) is 2.92. The van der Waals surface area contributed by atoms with Crippen molar-refractivity contribution in [3.05, 3.63) is 94.5 Å². The third-order valence-corrected chi connectivity index (χ3v) is 10.3. The largest absolute Gasteiger partial charge is 0.0616 e. The summed E-state index contributed by atoms with van der Waals surface area (Å²) in [6, 6.07) is 29.4. The van der Waals surface area contributed by atoms with Gasteiger partial charge < -0.3 is 0 Å². The minimum absolute atomic E-state index is 0.0701. The molecule has 0 atom stereocenters. The van der Waals surface area contributed by atoms with Crippen LogP contribution < -0.4 is 0 Å². The zero-order chi connectivity index (χ0) is 24.0. The first kappa shape index (κ1) is 21.9. The number of benzene rings is 5. The highest BCUT2D eigenvalue weighted by Crippen LogP contribution is 2.62. The first-order chi connectivity index (χ1) is 16.1. The van der Waals surface area contributed by atoms with Crippen LogP contribution in [0.5, 0.6) is 0 Å². The SMILES string of the molecule is CC1(C)c2cc(Br)c(-c3cccc4c5ccccc5c5ccccc5c34)cc2C(C)(C)C1(C)C. The van der Waals surface area contributed by atoms with Gasteiger partial charge in [-0.2, -0.15) is 0 Å². The summed E-state index contributed by atoms with van der Waals surface area (Å²) >= 11 is 4.01. The van der Waals surface area contributed by atoms with Crippen LogP contribution >= 0.6 is 15.9 Å². The van der Waals surface area contributed by atoms with Gasteiger partial charge in [0.25, 0.3) is 0 Å². The number of fused-ring (bicyclic) bond motifs is 7. The highest BCUT2D eigenvalue weighted by atomic mass is 79.9. The number of halogens is 1. The van der Waals surface area contributed by atoms with E-state index in [-0.39, 0.29) is 16.2 Å². The van der Waals surface area contributed by atoms with Crippen molar-refractivity contribution in [1.82, 2.24) is 0 Å². The van der Waals surface area contributed by atoms with Crippen LogP contribution in [0, 0.1) is 5.41 Å². The topological polar surface area (TPSA) is 0 Å². The second kappa shape index (κ2) is 6.95. The molecule has 0 amide bonds. The lowest BCUT2D eigenvalue weighted by Gasteiger charge is -2.44. The average molecular weight is 508 g/mol. The molecular weight excluding hydrogens is 476 g/mol. The molecular formula is C33H31Br. The van der Waals surface area contributed by atoms with E-state index < -0.39 is 0 Å². The fourth-order valence-electron chi connectivity index (χ4n) is 6.45. The molecule has 0 saturated carbocycles. The number of hydrogen-bond donors (Lipinski definition) is 0. The van der Waals surface area contributed by atoms with E-state index >= 15 is 0 Å². The number of hydrogen-bond acceptors (Lipinski definition) is 0. The monoisotopic (exact) mass is 506 g/mol. The Labute approximate surface area is 211 Å². The minimum Gasteiger partial charge on any atom is -0.0616 e. The van der Waals surface area contributed by atoms with E-state index in [4.69, 9.17) is 0 Å². The third-order valence-electron chi connectivity index (χ3n) is 9.64. The van der Waals surface area contributed by atoms with Gasteiger partial charge in [-0.15, -0.1) is 0 Å². The maximum Gasteiger partial charge on any atom is 0.0257 e. The fraction of sp³-hybridized carbons (Fsp3) is 0.273. The minimum atomic E-state index is 0.0701. The van der Waals surface area contributed by atoms with Gasteiger partial charge >= 0.3 is 0 Å². The van der Waals surface area contributed by atoms with Crippen molar-refractivity contribution in [2.75, 3.05) is 0 Å². The molecule has 1 aliphatic carbocycles. The molecule has 0 spiro atoms. The summed E-state index contributed by atoms with van der Waals surface area (Å²) in [6.45, 7) is 14.5. The highest BCUT2D eigenvalue weighted by molar-refractivity contribution is 9.10. The lowest BCUT2D eigenvalue weighted by molar-refractivity contribution is 0.125. The molecule has 1 aliphatic rings. The molecule has 0 radical (unpaired) electrons. The molecule has 0 aliphatic heterocycles. The predicted molar refractivity (Wildman–Crippen MR) is 152 cm³/mol. The summed E-state index contributed by atoms with van der Waals surface area (Å²) in [7, 11) is 0. The molecule has 5 aromatic carbocycles. The van der Waals surface area contributed by atoms with Crippen LogP contribution in [0.4, 0.5) is 0 Å². The van der Waals surface area contributed by atoms with Crippen molar-refractivity contribution in [1.29, 1.82) is 0 Å². The molecule has 0 aromatic heterocycles. The molecule has 0 bridgehead atoms. The van der Waals surface area contributed by atoms with Crippen molar-refractivity contribution in [3.8, 4) is 11.1 Å². The van der Waals surface area contributed by atoms with Crippen molar-refractivity contribution in [2.24, 2.45) is 5.41 Å². The van der Waals surface area contributed by atoms with Crippen molar-refractivity contribution in [3.63, 3.8) is 0 Å². The van der Waals surface area contributed by atoms with E-state index in [0.717, 1.165) is 0 Å². The summed E-state index contributed by atoms with van der Waals surface area (Å²) in [5, 5.41) is 7.93. The van der Waals surface area contributed by atoms with Gasteiger partial charge in [0.05, 0.1) is 0 Å². The maximum atomic E-state index is 4.01. The molecule has 0 N–H and O–H groups in total. The van der Waals surface area contributed by atoms with Gasteiger partial charge in [-0.1, -0.05) is 124 Å². The van der Waals surface area contributed by atoms with E-state index in [1.807, 2.05) is 0 Å². The summed E-state index contributed by atoms with van der Waals surface area (Å²) in [5.74, 6) is 0. The molecule has 0 saturated heterocycles. The smallest absolute Gasteiger partial charge is 0.0257 e. The zero-order valence-electron chi connectivity index (χ0n) is 20.9. The summed E-state index contributed by atoms with van der Waals surface area (Å²) < 4.78 is 1.18. The quantitative estimate of drug-likeness (QED) is 0.198. The summed E-state index contributed by atoms with van der Waals surface area (Å²) in [4.78, 5) is 0. The van der Waals surface area contributed by atoms with Gasteiger partial charge in [0.1, 0.15) is 0 Å². The van der Waals surface area contributed by atoms with Crippen LogP contribution in [0.3, 0.4) is 0 Å². The Hall–Kier alpha value is -2.64. The molecule has 0 unspecified atom stereocenters. The van der Waals surface area contributed by atoms with Gasteiger partial charge in [-0.25, -0.2) is 0 Å². The molecule has 1 heteroatoms. The Morgan fingerprint density at radius 3 is 1.50 bits per heavy atom. The normalized spacial score (nSPS) is 18.0. The Bertz CT molecular complexity index is 1590. The lowest BCUT2D eigenvalue weighted by atomic mass is 9.59. The maximum absolute atomic E-state index is 4.01. The van der Waals surface area contributed by atoms with Gasteiger partial charge in [0, 0.05) is 4.47 Å².